The topological polar surface area (TPSA) is 12.0 Å². The van der Waals surface area contributed by atoms with Gasteiger partial charge in [0.2, 0.25) is 0 Å². The van der Waals surface area contributed by atoms with Crippen molar-refractivity contribution in [2.75, 3.05) is 5.32 Å². The van der Waals surface area contributed by atoms with Crippen molar-refractivity contribution in [3.8, 4) is 0 Å². The number of fused-ring (bicyclic) bond motifs is 1. The van der Waals surface area contributed by atoms with E-state index in [1.165, 1.54) is 29.7 Å². The summed E-state index contributed by atoms with van der Waals surface area (Å²) < 4.78 is 0. The molecule has 3 atom stereocenters. The molecule has 1 aromatic carbocycles. The maximum absolute atomic E-state index is 3.67. The highest BCUT2D eigenvalue weighted by Gasteiger charge is 2.40. The zero-order valence-corrected chi connectivity index (χ0v) is 10.0. The fourth-order valence-corrected chi connectivity index (χ4v) is 2.93. The van der Waals surface area contributed by atoms with Crippen LogP contribution >= 0.6 is 0 Å². The summed E-state index contributed by atoms with van der Waals surface area (Å²) >= 11 is 0. The van der Waals surface area contributed by atoms with E-state index in [1.54, 1.807) is 0 Å². The van der Waals surface area contributed by atoms with Gasteiger partial charge in [0.15, 0.2) is 0 Å². The first-order chi connectivity index (χ1) is 7.74. The third-order valence-electron chi connectivity index (χ3n) is 4.22. The lowest BCUT2D eigenvalue weighted by Crippen LogP contribution is -2.43. The Morgan fingerprint density at radius 3 is 2.81 bits per heavy atom. The quantitative estimate of drug-likeness (QED) is 0.739. The summed E-state index contributed by atoms with van der Waals surface area (Å²) in [6.45, 7) is 4.35. The van der Waals surface area contributed by atoms with E-state index < -0.39 is 0 Å². The molecule has 1 saturated carbocycles. The van der Waals surface area contributed by atoms with Crippen LogP contribution < -0.4 is 5.32 Å². The van der Waals surface area contributed by atoms with E-state index in [-0.39, 0.29) is 0 Å². The maximum atomic E-state index is 3.67. The second kappa shape index (κ2) is 3.65. The van der Waals surface area contributed by atoms with Crippen molar-refractivity contribution in [2.45, 2.75) is 32.7 Å². The Morgan fingerprint density at radius 2 is 2.06 bits per heavy atom. The average molecular weight is 213 g/mol. The van der Waals surface area contributed by atoms with E-state index >= 15 is 0 Å². The molecule has 1 aromatic rings. The molecule has 84 valence electrons. The summed E-state index contributed by atoms with van der Waals surface area (Å²) in [5, 5.41) is 3.67. The van der Waals surface area contributed by atoms with Crippen molar-refractivity contribution >= 4 is 5.69 Å². The van der Waals surface area contributed by atoms with Crippen molar-refractivity contribution in [1.82, 2.24) is 0 Å². The summed E-state index contributed by atoms with van der Waals surface area (Å²) in [6, 6.07) is 7.35. The Labute approximate surface area is 97.6 Å². The molecule has 0 saturated heterocycles. The average Bonchev–Trinajstić information content (AvgIpc) is 2.61. The normalized spacial score (nSPS) is 31.0. The van der Waals surface area contributed by atoms with Gasteiger partial charge >= 0.3 is 0 Å². The molecule has 2 aliphatic carbocycles. The highest BCUT2D eigenvalue weighted by molar-refractivity contribution is 5.49. The molecule has 0 spiro atoms. The standard InChI is InChI=1S/C15H19N/c1-10-6-7-13(8-11(10)2)16-15-9-12-4-3-5-14(12)15/h3,5-8,12,14-16H,4,9H2,1-2H3. The molecule has 0 radical (unpaired) electrons. The summed E-state index contributed by atoms with van der Waals surface area (Å²) in [7, 11) is 0. The molecule has 3 unspecified atom stereocenters. The zero-order valence-electron chi connectivity index (χ0n) is 10.0. The Bertz CT molecular complexity index is 433. The lowest BCUT2D eigenvalue weighted by Gasteiger charge is -2.41. The maximum Gasteiger partial charge on any atom is 0.0345 e. The van der Waals surface area contributed by atoms with E-state index in [9.17, 15) is 0 Å². The highest BCUT2D eigenvalue weighted by atomic mass is 14.9. The third-order valence-corrected chi connectivity index (χ3v) is 4.22. The summed E-state index contributed by atoms with van der Waals surface area (Å²) in [6.07, 6.45) is 7.38. The highest BCUT2D eigenvalue weighted by Crippen LogP contribution is 2.44. The van der Waals surface area contributed by atoms with Crippen molar-refractivity contribution < 1.29 is 0 Å². The van der Waals surface area contributed by atoms with Gasteiger partial charge in [0.05, 0.1) is 0 Å². The predicted octanol–water partition coefficient (Wildman–Crippen LogP) is 3.68. The molecule has 0 aromatic heterocycles. The number of nitrogens with one attached hydrogen (secondary N) is 1. The van der Waals surface area contributed by atoms with Gasteiger partial charge < -0.3 is 5.32 Å². The van der Waals surface area contributed by atoms with Crippen LogP contribution in [0.4, 0.5) is 5.69 Å². The van der Waals surface area contributed by atoms with Gasteiger partial charge in [-0.3, -0.25) is 0 Å². The third kappa shape index (κ3) is 1.55. The van der Waals surface area contributed by atoms with Crippen molar-refractivity contribution in [3.05, 3.63) is 41.5 Å². The lowest BCUT2D eigenvalue weighted by molar-refractivity contribution is 0.218. The van der Waals surface area contributed by atoms with E-state index in [0.29, 0.717) is 6.04 Å². The van der Waals surface area contributed by atoms with Gasteiger partial charge in [-0.15, -0.1) is 0 Å². The summed E-state index contributed by atoms with van der Waals surface area (Å²) in [5.74, 6) is 1.73. The number of hydrogen-bond donors (Lipinski definition) is 1. The van der Waals surface area contributed by atoms with Crippen LogP contribution in [0.1, 0.15) is 24.0 Å². The zero-order chi connectivity index (χ0) is 11.1. The molecule has 16 heavy (non-hydrogen) atoms. The van der Waals surface area contributed by atoms with Crippen LogP contribution in [-0.2, 0) is 0 Å². The van der Waals surface area contributed by atoms with Crippen LogP contribution in [-0.4, -0.2) is 6.04 Å². The molecule has 1 N–H and O–H groups in total. The summed E-state index contributed by atoms with van der Waals surface area (Å²) in [4.78, 5) is 0. The number of benzene rings is 1. The van der Waals surface area contributed by atoms with Gasteiger partial charge in [-0.05, 0) is 55.9 Å². The van der Waals surface area contributed by atoms with Crippen LogP contribution in [0, 0.1) is 25.7 Å². The summed E-state index contributed by atoms with van der Waals surface area (Å²) in [5.41, 5.74) is 4.03. The molecule has 1 nitrogen and oxygen atoms in total. The minimum atomic E-state index is 0.672. The molecule has 1 heteroatoms. The van der Waals surface area contributed by atoms with Crippen LogP contribution in [0.2, 0.25) is 0 Å². The second-order valence-corrected chi connectivity index (χ2v) is 5.29. The lowest BCUT2D eigenvalue weighted by atomic mass is 9.71. The first kappa shape index (κ1) is 9.95. The Kier molecular flexibility index (Phi) is 2.27. The van der Waals surface area contributed by atoms with Crippen LogP contribution in [0.25, 0.3) is 0 Å². The predicted molar refractivity (Wildman–Crippen MR) is 68.7 cm³/mol. The van der Waals surface area contributed by atoms with Gasteiger partial charge in [0.1, 0.15) is 0 Å². The van der Waals surface area contributed by atoms with Gasteiger partial charge in [-0.1, -0.05) is 18.2 Å². The molecule has 1 fully saturated rings. The van der Waals surface area contributed by atoms with E-state index in [2.05, 4.69) is 49.5 Å². The van der Waals surface area contributed by atoms with Gasteiger partial charge in [0, 0.05) is 17.6 Å². The second-order valence-electron chi connectivity index (χ2n) is 5.29. The van der Waals surface area contributed by atoms with E-state index in [0.717, 1.165) is 11.8 Å². The molecule has 0 amide bonds. The van der Waals surface area contributed by atoms with Crippen LogP contribution in [0.3, 0.4) is 0 Å². The van der Waals surface area contributed by atoms with Crippen LogP contribution in [0.15, 0.2) is 30.4 Å². The SMILES string of the molecule is Cc1ccc(NC2CC3CC=CC32)cc1C. The first-order valence-corrected chi connectivity index (χ1v) is 6.24. The number of hydrogen-bond acceptors (Lipinski definition) is 1. The Hall–Kier alpha value is -1.24. The molecular formula is C15H19N. The molecule has 0 bridgehead atoms. The minimum Gasteiger partial charge on any atom is -0.382 e. The fraction of sp³-hybridized carbons (Fsp3) is 0.467. The van der Waals surface area contributed by atoms with Crippen molar-refractivity contribution in [3.63, 3.8) is 0 Å². The van der Waals surface area contributed by atoms with E-state index in [1.807, 2.05) is 0 Å². The van der Waals surface area contributed by atoms with Gasteiger partial charge in [-0.25, -0.2) is 0 Å². The van der Waals surface area contributed by atoms with Gasteiger partial charge in [-0.2, -0.15) is 0 Å². The molecule has 3 rings (SSSR count). The number of allylic oxidation sites excluding steroid dienone is 1. The fourth-order valence-electron chi connectivity index (χ4n) is 2.93. The van der Waals surface area contributed by atoms with Gasteiger partial charge in [0.25, 0.3) is 0 Å². The van der Waals surface area contributed by atoms with Crippen molar-refractivity contribution in [2.24, 2.45) is 11.8 Å². The largest absolute Gasteiger partial charge is 0.382 e. The molecule has 0 heterocycles. The number of anilines is 1. The monoisotopic (exact) mass is 213 g/mol. The smallest absolute Gasteiger partial charge is 0.0345 e. The van der Waals surface area contributed by atoms with Crippen molar-refractivity contribution in [1.29, 1.82) is 0 Å². The Balaban J connectivity index is 1.70. The minimum absolute atomic E-state index is 0.672. The number of aryl methyl sites for hydroxylation is 2. The van der Waals surface area contributed by atoms with E-state index in [4.69, 9.17) is 0 Å². The first-order valence-electron chi connectivity index (χ1n) is 6.24. The molecular weight excluding hydrogens is 194 g/mol. The number of rotatable bonds is 2. The Morgan fingerprint density at radius 1 is 1.19 bits per heavy atom. The molecule has 0 aliphatic heterocycles. The molecule has 2 aliphatic rings. The van der Waals surface area contributed by atoms with Crippen LogP contribution in [0.5, 0.6) is 0 Å².